The van der Waals surface area contributed by atoms with Gasteiger partial charge < -0.3 is 9.84 Å². The number of hydrogen-bond acceptors (Lipinski definition) is 2. The first-order chi connectivity index (χ1) is 9.54. The molecule has 2 atom stereocenters. The van der Waals surface area contributed by atoms with Crippen LogP contribution in [0.1, 0.15) is 29.7 Å². The molecule has 0 radical (unpaired) electrons. The fraction of sp³-hybridized carbons (Fsp3) is 0.250. The molecule has 3 rings (SSSR count). The van der Waals surface area contributed by atoms with Crippen LogP contribution in [0, 0.1) is 3.57 Å². The van der Waals surface area contributed by atoms with E-state index in [1.165, 1.54) is 0 Å². The highest BCUT2D eigenvalue weighted by atomic mass is 127. The molecule has 0 saturated carbocycles. The molecule has 4 heteroatoms. The summed E-state index contributed by atoms with van der Waals surface area (Å²) in [4.78, 5) is 0. The predicted molar refractivity (Wildman–Crippen MR) is 88.5 cm³/mol. The number of fused-ring (bicyclic) bond motifs is 1. The zero-order valence-corrected chi connectivity index (χ0v) is 13.9. The van der Waals surface area contributed by atoms with Crippen molar-refractivity contribution in [2.24, 2.45) is 0 Å². The summed E-state index contributed by atoms with van der Waals surface area (Å²) in [6.07, 6.45) is 0.438. The second-order valence-electron chi connectivity index (χ2n) is 5.07. The first-order valence-corrected chi connectivity index (χ1v) is 7.93. The van der Waals surface area contributed by atoms with E-state index in [1.54, 1.807) is 0 Å². The zero-order valence-electron chi connectivity index (χ0n) is 10.9. The Kier molecular flexibility index (Phi) is 3.93. The quantitative estimate of drug-likeness (QED) is 0.760. The molecule has 1 N–H and O–H groups in total. The van der Waals surface area contributed by atoms with Crippen molar-refractivity contribution in [2.75, 3.05) is 0 Å². The summed E-state index contributed by atoms with van der Waals surface area (Å²) in [6.45, 7) is 2.05. The van der Waals surface area contributed by atoms with Crippen LogP contribution >= 0.6 is 34.2 Å². The van der Waals surface area contributed by atoms with E-state index in [2.05, 4.69) is 29.5 Å². The van der Waals surface area contributed by atoms with Crippen LogP contribution in [-0.4, -0.2) is 11.2 Å². The second-order valence-corrected chi connectivity index (χ2v) is 6.67. The first kappa shape index (κ1) is 14.2. The highest BCUT2D eigenvalue weighted by Gasteiger charge is 2.21. The summed E-state index contributed by atoms with van der Waals surface area (Å²) >= 11 is 8.24. The topological polar surface area (TPSA) is 29.5 Å². The maximum Gasteiger partial charge on any atom is 0.123 e. The van der Waals surface area contributed by atoms with Crippen LogP contribution in [0.3, 0.4) is 0 Å². The molecule has 1 aliphatic rings. The van der Waals surface area contributed by atoms with Gasteiger partial charge in [-0.05, 0) is 76.5 Å². The van der Waals surface area contributed by atoms with Crippen molar-refractivity contribution in [3.63, 3.8) is 0 Å². The van der Waals surface area contributed by atoms with Gasteiger partial charge in [-0.2, -0.15) is 0 Å². The Bertz CT molecular complexity index is 657. The van der Waals surface area contributed by atoms with Crippen molar-refractivity contribution in [1.29, 1.82) is 0 Å². The largest absolute Gasteiger partial charge is 0.490 e. The lowest BCUT2D eigenvalue weighted by atomic mass is 9.98. The molecular weight excluding hydrogens is 387 g/mol. The van der Waals surface area contributed by atoms with Crippen LogP contribution in [-0.2, 0) is 6.42 Å². The second kappa shape index (κ2) is 5.54. The van der Waals surface area contributed by atoms with E-state index in [4.69, 9.17) is 16.3 Å². The molecule has 0 spiro atoms. The molecule has 0 bridgehead atoms. The molecule has 0 aromatic heterocycles. The molecule has 1 heterocycles. The Morgan fingerprint density at radius 1 is 1.30 bits per heavy atom. The summed E-state index contributed by atoms with van der Waals surface area (Å²) in [5.74, 6) is 0.925. The lowest BCUT2D eigenvalue weighted by Gasteiger charge is -2.14. The van der Waals surface area contributed by atoms with Crippen LogP contribution < -0.4 is 4.74 Å². The first-order valence-electron chi connectivity index (χ1n) is 6.47. The Morgan fingerprint density at radius 2 is 2.10 bits per heavy atom. The summed E-state index contributed by atoms with van der Waals surface area (Å²) < 4.78 is 6.69. The Balaban J connectivity index is 1.97. The zero-order chi connectivity index (χ0) is 14.3. The fourth-order valence-electron chi connectivity index (χ4n) is 2.52. The highest BCUT2D eigenvalue weighted by Crippen LogP contribution is 2.34. The molecular formula is C16H14ClIO2. The number of halogens is 2. The van der Waals surface area contributed by atoms with Crippen molar-refractivity contribution >= 4 is 34.2 Å². The summed E-state index contributed by atoms with van der Waals surface area (Å²) in [5, 5.41) is 11.2. The Labute approximate surface area is 136 Å². The van der Waals surface area contributed by atoms with Crippen LogP contribution in [0.2, 0.25) is 5.02 Å². The van der Waals surface area contributed by atoms with E-state index in [1.807, 2.05) is 36.4 Å². The van der Waals surface area contributed by atoms with Gasteiger partial charge in [0.2, 0.25) is 0 Å². The lowest BCUT2D eigenvalue weighted by Crippen LogP contribution is -2.05. The maximum atomic E-state index is 10.6. The van der Waals surface area contributed by atoms with E-state index in [9.17, 15) is 5.11 Å². The van der Waals surface area contributed by atoms with Gasteiger partial charge >= 0.3 is 0 Å². The van der Waals surface area contributed by atoms with Crippen molar-refractivity contribution in [2.45, 2.75) is 25.6 Å². The fourth-order valence-corrected chi connectivity index (χ4v) is 3.33. The SMILES string of the molecule is CC1Cc2cc(C(O)c3cc(Cl)ccc3I)ccc2O1. The van der Waals surface area contributed by atoms with Gasteiger partial charge in [0.25, 0.3) is 0 Å². The van der Waals surface area contributed by atoms with Crippen LogP contribution in [0.5, 0.6) is 5.75 Å². The highest BCUT2D eigenvalue weighted by molar-refractivity contribution is 14.1. The molecule has 104 valence electrons. The minimum Gasteiger partial charge on any atom is -0.490 e. The van der Waals surface area contributed by atoms with Gasteiger partial charge in [-0.25, -0.2) is 0 Å². The number of aliphatic hydroxyl groups excluding tert-OH is 1. The average molecular weight is 401 g/mol. The summed E-state index contributed by atoms with van der Waals surface area (Å²) in [7, 11) is 0. The summed E-state index contributed by atoms with van der Waals surface area (Å²) in [5.41, 5.74) is 2.87. The standard InChI is InChI=1S/C16H14ClIO2/c1-9-6-11-7-10(2-5-15(11)20-9)16(19)13-8-12(17)3-4-14(13)18/h2-5,7-9,16,19H,6H2,1H3. The van der Waals surface area contributed by atoms with E-state index >= 15 is 0 Å². The Hall–Kier alpha value is -0.780. The Morgan fingerprint density at radius 3 is 2.90 bits per heavy atom. The van der Waals surface area contributed by atoms with Gasteiger partial charge in [0.15, 0.2) is 0 Å². The van der Waals surface area contributed by atoms with Crippen LogP contribution in [0.15, 0.2) is 36.4 Å². The van der Waals surface area contributed by atoms with E-state index in [-0.39, 0.29) is 6.10 Å². The third-order valence-electron chi connectivity index (χ3n) is 3.49. The van der Waals surface area contributed by atoms with E-state index < -0.39 is 6.10 Å². The van der Waals surface area contributed by atoms with Gasteiger partial charge in [0.05, 0.1) is 0 Å². The van der Waals surface area contributed by atoms with Crippen molar-refractivity contribution in [3.05, 3.63) is 61.7 Å². The third-order valence-corrected chi connectivity index (χ3v) is 4.71. The normalized spacial score (nSPS) is 18.5. The molecule has 0 amide bonds. The minimum atomic E-state index is -0.665. The number of benzene rings is 2. The average Bonchev–Trinajstić information content (AvgIpc) is 2.79. The molecule has 2 nitrogen and oxygen atoms in total. The lowest BCUT2D eigenvalue weighted by molar-refractivity contribution is 0.219. The minimum absolute atomic E-state index is 0.212. The molecule has 20 heavy (non-hydrogen) atoms. The smallest absolute Gasteiger partial charge is 0.123 e. The number of rotatable bonds is 2. The van der Waals surface area contributed by atoms with Crippen molar-refractivity contribution in [3.8, 4) is 5.75 Å². The number of ether oxygens (including phenoxy) is 1. The predicted octanol–water partition coefficient (Wildman–Crippen LogP) is 4.35. The van der Waals surface area contributed by atoms with E-state index in [0.29, 0.717) is 5.02 Å². The molecule has 0 saturated heterocycles. The van der Waals surface area contributed by atoms with Gasteiger partial charge in [0, 0.05) is 15.0 Å². The molecule has 2 unspecified atom stereocenters. The monoisotopic (exact) mass is 400 g/mol. The van der Waals surface area contributed by atoms with Crippen LogP contribution in [0.4, 0.5) is 0 Å². The molecule has 0 aliphatic carbocycles. The van der Waals surface area contributed by atoms with Crippen molar-refractivity contribution < 1.29 is 9.84 Å². The van der Waals surface area contributed by atoms with E-state index in [0.717, 1.165) is 32.4 Å². The third kappa shape index (κ3) is 2.67. The van der Waals surface area contributed by atoms with Crippen molar-refractivity contribution in [1.82, 2.24) is 0 Å². The summed E-state index contributed by atoms with van der Waals surface area (Å²) in [6, 6.07) is 11.5. The van der Waals surface area contributed by atoms with Gasteiger partial charge in [-0.15, -0.1) is 0 Å². The van der Waals surface area contributed by atoms with Gasteiger partial charge in [0.1, 0.15) is 18.0 Å². The molecule has 0 fully saturated rings. The van der Waals surface area contributed by atoms with Crippen LogP contribution in [0.25, 0.3) is 0 Å². The van der Waals surface area contributed by atoms with Gasteiger partial charge in [-0.3, -0.25) is 0 Å². The number of aliphatic hydroxyl groups is 1. The number of hydrogen-bond donors (Lipinski definition) is 1. The molecule has 2 aromatic rings. The molecule has 2 aromatic carbocycles. The maximum absolute atomic E-state index is 10.6. The molecule has 1 aliphatic heterocycles. The van der Waals surface area contributed by atoms with Gasteiger partial charge in [-0.1, -0.05) is 17.7 Å².